The third-order valence-corrected chi connectivity index (χ3v) is 21.1. The maximum atomic E-state index is 2.98. The van der Waals surface area contributed by atoms with E-state index in [-0.39, 0.29) is 10.8 Å². The Morgan fingerprint density at radius 1 is 0.394 bits per heavy atom. The topological polar surface area (TPSA) is 22.5 Å². The lowest BCUT2D eigenvalue weighted by Crippen LogP contribution is -2.75. The Morgan fingerprint density at radius 2 is 0.818 bits per heavy atom. The van der Waals surface area contributed by atoms with Crippen LogP contribution in [0.1, 0.15) is 99.3 Å². The van der Waals surface area contributed by atoms with Crippen LogP contribution in [0.15, 0.2) is 115 Å². The lowest BCUT2D eigenvalue weighted by Gasteiger charge is -2.57. The molecule has 0 N–H and O–H groups in total. The molecule has 10 aromatic rings. The normalized spacial score (nSPS) is 32.3. The highest BCUT2D eigenvalue weighted by molar-refractivity contribution is 6.16. The molecule has 8 bridgehead atoms. The van der Waals surface area contributed by atoms with E-state index in [1.165, 1.54) is 172 Å². The minimum Gasteiger partial charge on any atom is -0.308 e. The van der Waals surface area contributed by atoms with Gasteiger partial charge in [0.15, 0.2) is 11.4 Å². The van der Waals surface area contributed by atoms with E-state index in [2.05, 4.69) is 138 Å². The number of hydrogen-bond acceptors (Lipinski definition) is 0. The fourth-order valence-electron chi connectivity index (χ4n) is 20.2. The molecule has 5 nitrogen and oxygen atoms in total. The van der Waals surface area contributed by atoms with Crippen LogP contribution in [-0.4, -0.2) is 13.7 Å². The van der Waals surface area contributed by atoms with Gasteiger partial charge in [0.25, 0.3) is 11.3 Å². The van der Waals surface area contributed by atoms with E-state index in [0.29, 0.717) is 0 Å². The van der Waals surface area contributed by atoms with Gasteiger partial charge in [-0.3, -0.25) is 0 Å². The minimum atomic E-state index is -0.624. The van der Waals surface area contributed by atoms with E-state index >= 15 is 0 Å². The van der Waals surface area contributed by atoms with Crippen molar-refractivity contribution >= 4 is 65.7 Å². The van der Waals surface area contributed by atoms with E-state index in [1.807, 2.05) is 0 Å². The van der Waals surface area contributed by atoms with Crippen molar-refractivity contribution in [1.29, 1.82) is 0 Å². The average Bonchev–Trinajstić information content (AvgIpc) is 4.04. The Hall–Kier alpha value is -6.20. The van der Waals surface area contributed by atoms with Crippen molar-refractivity contribution in [3.8, 4) is 28.5 Å². The highest BCUT2D eigenvalue weighted by Crippen LogP contribution is 2.66. The summed E-state index contributed by atoms with van der Waals surface area (Å²) in [7, 11) is 0. The van der Waals surface area contributed by atoms with Gasteiger partial charge >= 0.3 is 5.66 Å². The predicted octanol–water partition coefficient (Wildman–Crippen LogP) is 12.7. The summed E-state index contributed by atoms with van der Waals surface area (Å²) in [4.78, 5) is 0. The summed E-state index contributed by atoms with van der Waals surface area (Å²) < 4.78 is 14.2. The first-order chi connectivity index (χ1) is 32.6. The van der Waals surface area contributed by atoms with Crippen LogP contribution in [0.4, 0.5) is 0 Å². The van der Waals surface area contributed by atoms with Crippen molar-refractivity contribution in [3.63, 3.8) is 0 Å². The van der Waals surface area contributed by atoms with Crippen LogP contribution in [0, 0.1) is 35.5 Å². The smallest absolute Gasteiger partial charge is 0.308 e. The van der Waals surface area contributed by atoms with Gasteiger partial charge in [-0.15, -0.1) is 0 Å². The number of pyridine rings is 2. The molecular formula is C61H49N5+2. The molecule has 316 valence electrons. The summed E-state index contributed by atoms with van der Waals surface area (Å²) in [6, 6.07) is 46.6. The summed E-state index contributed by atoms with van der Waals surface area (Å²) in [6.45, 7) is 0. The number of fused-ring (bicyclic) bond motifs is 13. The van der Waals surface area contributed by atoms with Crippen molar-refractivity contribution in [2.24, 2.45) is 35.5 Å². The van der Waals surface area contributed by atoms with Gasteiger partial charge in [0, 0.05) is 21.5 Å². The summed E-state index contributed by atoms with van der Waals surface area (Å²) in [5, 5.41) is 8.66. The standard InChI is InChI=1S/C61H49N5/c1-4-11-44-38(8-1)39-16-17-49-55-56(39)62(44)47-14-7-15-48-54(47)61(55)65-50(24-42(52-40-9-2-5-12-45(40)63(48)57(52)65)59-26-32-18-33(27-59)20-34(19-32)28-59)51-25-43(60-29-35-21-36(30-60)23-37(22-35)31-60)53-41-10-3-6-13-46(41)64(49)58(53)66(51)61/h1-17,24-25,32-37H,18-23,26-31H2/q+2. The van der Waals surface area contributed by atoms with Crippen molar-refractivity contribution in [2.45, 2.75) is 93.5 Å². The highest BCUT2D eigenvalue weighted by Gasteiger charge is 2.70. The molecule has 12 aliphatic rings. The Labute approximate surface area is 381 Å². The fraction of sp³-hybridized carbons (Fsp3) is 0.344. The molecule has 1 atom stereocenters. The first-order valence-corrected chi connectivity index (χ1v) is 25.9. The average molecular weight is 852 g/mol. The van der Waals surface area contributed by atoms with Gasteiger partial charge in [-0.2, -0.15) is 18.3 Å². The van der Waals surface area contributed by atoms with Crippen LogP contribution in [0.25, 0.3) is 94.1 Å². The van der Waals surface area contributed by atoms with Gasteiger partial charge in [-0.05, 0) is 201 Å². The van der Waals surface area contributed by atoms with Crippen molar-refractivity contribution in [1.82, 2.24) is 13.7 Å². The monoisotopic (exact) mass is 851 g/mol. The molecule has 5 aromatic carbocycles. The van der Waals surface area contributed by atoms with Gasteiger partial charge in [-0.25, -0.2) is 0 Å². The van der Waals surface area contributed by atoms with Crippen LogP contribution in [0.3, 0.4) is 0 Å². The number of nitrogens with zero attached hydrogens (tertiary/aromatic N) is 5. The van der Waals surface area contributed by atoms with Gasteiger partial charge in [0.2, 0.25) is 0 Å². The molecule has 5 aromatic heterocycles. The first-order valence-electron chi connectivity index (χ1n) is 25.9. The van der Waals surface area contributed by atoms with Crippen LogP contribution >= 0.6 is 0 Å². The molecule has 9 heterocycles. The zero-order chi connectivity index (χ0) is 41.9. The van der Waals surface area contributed by atoms with Gasteiger partial charge < -0.3 is 4.57 Å². The zero-order valence-corrected chi connectivity index (χ0v) is 37.2. The fourth-order valence-corrected chi connectivity index (χ4v) is 20.2. The molecule has 0 amide bonds. The van der Waals surface area contributed by atoms with Crippen molar-refractivity contribution in [2.75, 3.05) is 0 Å². The lowest BCUT2D eigenvalue weighted by atomic mass is 9.47. The molecule has 5 heteroatoms. The second kappa shape index (κ2) is 10.2. The Balaban J connectivity index is 1.07. The second-order valence-electron chi connectivity index (χ2n) is 24.1. The lowest BCUT2D eigenvalue weighted by molar-refractivity contribution is -0.920. The molecule has 66 heavy (non-hydrogen) atoms. The number of hydrogen-bond donors (Lipinski definition) is 0. The van der Waals surface area contributed by atoms with Crippen molar-refractivity contribution in [3.05, 3.63) is 138 Å². The van der Waals surface area contributed by atoms with E-state index in [9.17, 15) is 0 Å². The van der Waals surface area contributed by atoms with Gasteiger partial charge in [-0.1, -0.05) is 48.5 Å². The molecule has 4 aliphatic heterocycles. The van der Waals surface area contributed by atoms with Crippen LogP contribution in [0.5, 0.6) is 0 Å². The summed E-state index contributed by atoms with van der Waals surface area (Å²) >= 11 is 0. The largest absolute Gasteiger partial charge is 0.319 e. The highest BCUT2D eigenvalue weighted by atomic mass is 15.4. The Bertz CT molecular complexity index is 4000. The van der Waals surface area contributed by atoms with E-state index in [4.69, 9.17) is 0 Å². The van der Waals surface area contributed by atoms with Gasteiger partial charge in [0.1, 0.15) is 33.5 Å². The first kappa shape index (κ1) is 33.3. The Morgan fingerprint density at radius 3 is 1.32 bits per heavy atom. The molecule has 0 radical (unpaired) electrons. The van der Waals surface area contributed by atoms with Crippen molar-refractivity contribution < 1.29 is 9.13 Å². The van der Waals surface area contributed by atoms with E-state index < -0.39 is 5.66 Å². The molecule has 8 saturated carbocycles. The molecule has 22 rings (SSSR count). The SMILES string of the molecule is c1cc2c3c(c1)-n1c4ccccc4c4c(C56CC7CC(CC(C7)C5)C6)cc5[n+](c41)C31c3c(ccc4c6ccccc6n-2c34)-n2c3ccccc3c3c(C46CC7CC(CC(C7)C4)C6)cc-5[n+]1c32. The second-order valence-corrected chi connectivity index (χ2v) is 24.1. The molecule has 1 spiro atoms. The zero-order valence-electron chi connectivity index (χ0n) is 37.2. The maximum Gasteiger partial charge on any atom is 0.319 e. The molecule has 8 fully saturated rings. The third kappa shape index (κ3) is 3.24. The molecular weight excluding hydrogens is 803 g/mol. The summed E-state index contributed by atoms with van der Waals surface area (Å²) in [6.07, 6.45) is 16.9. The van der Waals surface area contributed by atoms with Crippen LogP contribution < -0.4 is 9.13 Å². The summed E-state index contributed by atoms with van der Waals surface area (Å²) in [5.74, 6) is 5.20. The number of para-hydroxylation sites is 3. The third-order valence-electron chi connectivity index (χ3n) is 21.1. The number of aromatic nitrogens is 5. The number of benzene rings is 5. The molecule has 1 unspecified atom stereocenters. The summed E-state index contributed by atoms with van der Waals surface area (Å²) in [5.41, 5.74) is 21.2. The van der Waals surface area contributed by atoms with Gasteiger partial charge in [0.05, 0.1) is 27.5 Å². The van der Waals surface area contributed by atoms with E-state index in [0.717, 1.165) is 35.5 Å². The quantitative estimate of drug-likeness (QED) is 0.155. The predicted molar refractivity (Wildman–Crippen MR) is 260 cm³/mol. The number of rotatable bonds is 2. The Kier molecular flexibility index (Phi) is 5.14. The van der Waals surface area contributed by atoms with Crippen LogP contribution in [0.2, 0.25) is 0 Å². The molecule has 0 saturated heterocycles. The minimum absolute atomic E-state index is 0.216. The van der Waals surface area contributed by atoms with E-state index in [1.54, 1.807) is 21.9 Å². The maximum absolute atomic E-state index is 2.98. The molecule has 8 aliphatic carbocycles. The van der Waals surface area contributed by atoms with Crippen LogP contribution in [-0.2, 0) is 16.5 Å².